The van der Waals surface area contributed by atoms with Gasteiger partial charge in [-0.2, -0.15) is 0 Å². The van der Waals surface area contributed by atoms with Gasteiger partial charge in [0, 0.05) is 16.0 Å². The van der Waals surface area contributed by atoms with Gasteiger partial charge in [0.2, 0.25) is 17.7 Å². The molecule has 2 aliphatic carbocycles. The minimum atomic E-state index is -2.02. The number of fused-ring (bicyclic) bond motifs is 5. The molecule has 3 heterocycles. The van der Waals surface area contributed by atoms with Crippen LogP contribution in [0.4, 0.5) is 5.69 Å². The first kappa shape index (κ1) is 33.9. The number of halogens is 5. The summed E-state index contributed by atoms with van der Waals surface area (Å²) in [6, 6.07) is 15.8. The number of anilines is 1. The second-order valence-electron chi connectivity index (χ2n) is 12.7. The van der Waals surface area contributed by atoms with Crippen LogP contribution in [0.1, 0.15) is 24.3 Å². The fourth-order valence-electron chi connectivity index (χ4n) is 8.08. The molecular formula is C35H24Br3Cl2N3O7. The number of carbonyl (C=O) groups is 4. The van der Waals surface area contributed by atoms with Crippen molar-refractivity contribution in [1.29, 1.82) is 0 Å². The number of oxazole rings is 1. The van der Waals surface area contributed by atoms with Gasteiger partial charge in [0.25, 0.3) is 11.8 Å². The fourth-order valence-corrected chi connectivity index (χ4v) is 10.5. The SMILES string of the molecule is COc1cc(C2C3=CCC4C(=O)N(c5ccc(-c6nc7ccccc7o6)cc5)C(=O)C4C3CC3(Cl)C(=O)N(CBr)C(=O)C23Cl)c(Br)c(Br)c1O. The number of ether oxygens (including phenoxy) is 1. The van der Waals surface area contributed by atoms with Crippen molar-refractivity contribution in [3.05, 3.63) is 80.8 Å². The number of imide groups is 2. The van der Waals surface area contributed by atoms with Gasteiger partial charge in [-0.1, -0.05) is 39.7 Å². The maximum Gasteiger partial charge on any atom is 0.254 e. The number of amides is 4. The number of phenolic OH excluding ortho intramolecular Hbond substituents is 1. The third-order valence-corrected chi connectivity index (χ3v) is 14.5. The van der Waals surface area contributed by atoms with Crippen LogP contribution in [0.2, 0.25) is 0 Å². The molecule has 4 aliphatic rings. The molecule has 15 heteroatoms. The number of hydrogen-bond donors (Lipinski definition) is 1. The zero-order chi connectivity index (χ0) is 35.4. The smallest absolute Gasteiger partial charge is 0.254 e. The maximum atomic E-state index is 14.5. The third-order valence-electron chi connectivity index (χ3n) is 10.4. The molecule has 1 saturated carbocycles. The van der Waals surface area contributed by atoms with Crippen LogP contribution in [0, 0.1) is 17.8 Å². The molecule has 1 aromatic heterocycles. The predicted octanol–water partition coefficient (Wildman–Crippen LogP) is 7.65. The van der Waals surface area contributed by atoms with Crippen molar-refractivity contribution < 1.29 is 33.4 Å². The zero-order valence-electron chi connectivity index (χ0n) is 25.8. The van der Waals surface area contributed by atoms with E-state index in [1.165, 1.54) is 18.1 Å². The molecule has 8 rings (SSSR count). The minimum absolute atomic E-state index is 0.0839. The predicted molar refractivity (Wildman–Crippen MR) is 195 cm³/mol. The second kappa shape index (κ2) is 11.9. The van der Waals surface area contributed by atoms with Crippen molar-refractivity contribution in [2.75, 3.05) is 17.5 Å². The molecule has 2 aliphatic heterocycles. The number of hydrogen-bond acceptors (Lipinski definition) is 8. The Balaban J connectivity index is 1.22. The highest BCUT2D eigenvalue weighted by Gasteiger charge is 2.76. The number of methoxy groups -OCH3 is 1. The number of aromatic hydroxyl groups is 1. The molecule has 10 nitrogen and oxygen atoms in total. The fraction of sp³-hybridized carbons (Fsp3) is 0.286. The highest BCUT2D eigenvalue weighted by Crippen LogP contribution is 2.67. The van der Waals surface area contributed by atoms with E-state index in [1.807, 2.05) is 30.3 Å². The normalized spacial score (nSPS) is 29.0. The van der Waals surface area contributed by atoms with Gasteiger partial charge in [-0.15, -0.1) is 23.2 Å². The monoisotopic (exact) mass is 905 g/mol. The third kappa shape index (κ3) is 4.45. The lowest BCUT2D eigenvalue weighted by Gasteiger charge is -2.51. The molecule has 6 unspecified atom stereocenters. The van der Waals surface area contributed by atoms with Gasteiger partial charge < -0.3 is 14.3 Å². The number of nitrogens with zero attached hydrogens (tertiary/aromatic N) is 3. The summed E-state index contributed by atoms with van der Waals surface area (Å²) >= 11 is 24.9. The Kier molecular flexibility index (Phi) is 8.07. The molecule has 6 atom stereocenters. The van der Waals surface area contributed by atoms with Crippen LogP contribution < -0.4 is 9.64 Å². The Morgan fingerprint density at radius 3 is 2.40 bits per heavy atom. The number of allylic oxidation sites excluding steroid dienone is 2. The standard InChI is InChI=1S/C35H24Br3Cl2N3O7/c1-49-23-12-19(26(37)27(38)28(23)44)25-17-10-11-18-24(20(17)13-34(39)32(47)42(14-36)33(48)35(25,34)40)31(46)43(30(18)45)16-8-6-15(7-9-16)29-41-21-4-2-3-5-22(21)50-29/h2-10,12,18,20,24-25,44H,11,13-14H2,1H3. The van der Waals surface area contributed by atoms with Crippen molar-refractivity contribution in [2.45, 2.75) is 28.5 Å². The van der Waals surface area contributed by atoms with Crippen LogP contribution >= 0.6 is 71.0 Å². The molecule has 4 amide bonds. The largest absolute Gasteiger partial charge is 0.503 e. The van der Waals surface area contributed by atoms with E-state index in [0.29, 0.717) is 43.9 Å². The van der Waals surface area contributed by atoms with E-state index in [1.54, 1.807) is 24.3 Å². The summed E-state index contributed by atoms with van der Waals surface area (Å²) in [6.45, 7) is 0. The van der Waals surface area contributed by atoms with Gasteiger partial charge in [0.1, 0.15) is 5.52 Å². The lowest BCUT2D eigenvalue weighted by molar-refractivity contribution is -0.138. The highest BCUT2D eigenvalue weighted by atomic mass is 79.9. The number of benzene rings is 3. The first-order valence-electron chi connectivity index (χ1n) is 15.5. The molecule has 256 valence electrons. The summed E-state index contributed by atoms with van der Waals surface area (Å²) in [6.07, 6.45) is 1.87. The lowest BCUT2D eigenvalue weighted by Crippen LogP contribution is -2.60. The molecular weight excluding hydrogens is 885 g/mol. The average Bonchev–Trinajstić information content (AvgIpc) is 3.70. The Morgan fingerprint density at radius 2 is 1.72 bits per heavy atom. The molecule has 0 radical (unpaired) electrons. The van der Waals surface area contributed by atoms with Crippen molar-refractivity contribution in [1.82, 2.24) is 9.88 Å². The molecule has 3 fully saturated rings. The van der Waals surface area contributed by atoms with Gasteiger partial charge in [0.15, 0.2) is 26.8 Å². The van der Waals surface area contributed by atoms with Crippen LogP contribution in [0.15, 0.2) is 79.6 Å². The van der Waals surface area contributed by atoms with Gasteiger partial charge in [-0.25, -0.2) is 4.98 Å². The van der Waals surface area contributed by atoms with Gasteiger partial charge in [-0.05, 0) is 98.6 Å². The number of rotatable bonds is 5. The van der Waals surface area contributed by atoms with Crippen LogP contribution in [0.25, 0.3) is 22.6 Å². The van der Waals surface area contributed by atoms with Crippen molar-refractivity contribution >= 4 is 111 Å². The second-order valence-corrected chi connectivity index (χ2v) is 16.0. The summed E-state index contributed by atoms with van der Waals surface area (Å²) in [5.41, 5.74) is 3.25. The molecule has 1 N–H and O–H groups in total. The van der Waals surface area contributed by atoms with Crippen LogP contribution in [-0.4, -0.2) is 60.9 Å². The van der Waals surface area contributed by atoms with E-state index in [9.17, 15) is 24.3 Å². The number of alkyl halides is 3. The summed E-state index contributed by atoms with van der Waals surface area (Å²) in [7, 11) is 1.38. The first-order valence-corrected chi connectivity index (χ1v) is 18.9. The van der Waals surface area contributed by atoms with E-state index in [0.717, 1.165) is 4.90 Å². The number of phenols is 1. The van der Waals surface area contributed by atoms with Crippen molar-refractivity contribution in [3.63, 3.8) is 0 Å². The van der Waals surface area contributed by atoms with Crippen molar-refractivity contribution in [3.8, 4) is 23.0 Å². The number of para-hydroxylation sites is 2. The quantitative estimate of drug-likeness (QED) is 0.0937. The first-order chi connectivity index (χ1) is 23.9. The maximum absolute atomic E-state index is 14.5. The Morgan fingerprint density at radius 1 is 1.00 bits per heavy atom. The lowest BCUT2D eigenvalue weighted by atomic mass is 9.56. The van der Waals surface area contributed by atoms with Crippen molar-refractivity contribution in [2.24, 2.45) is 17.8 Å². The zero-order valence-corrected chi connectivity index (χ0v) is 32.1. The average molecular weight is 909 g/mol. The van der Waals surface area contributed by atoms with Gasteiger partial charge in [0.05, 0.1) is 34.6 Å². The molecule has 0 bridgehead atoms. The van der Waals surface area contributed by atoms with E-state index in [2.05, 4.69) is 52.8 Å². The Labute approximate surface area is 320 Å². The number of carbonyl (C=O) groups excluding carboxylic acids is 4. The summed E-state index contributed by atoms with van der Waals surface area (Å²) in [4.78, 5) is 59.3. The molecule has 4 aromatic rings. The molecule has 2 saturated heterocycles. The van der Waals surface area contributed by atoms with Crippen LogP contribution in [0.3, 0.4) is 0 Å². The highest BCUT2D eigenvalue weighted by molar-refractivity contribution is 9.13. The van der Waals surface area contributed by atoms with Gasteiger partial charge >= 0.3 is 0 Å². The summed E-state index contributed by atoms with van der Waals surface area (Å²) < 4.78 is 11.9. The topological polar surface area (TPSA) is 130 Å². The molecule has 0 spiro atoms. The van der Waals surface area contributed by atoms with Crippen LogP contribution in [0.5, 0.6) is 11.5 Å². The number of aromatic nitrogens is 1. The van der Waals surface area contributed by atoms with E-state index < -0.39 is 51.1 Å². The van der Waals surface area contributed by atoms with E-state index in [4.69, 9.17) is 32.4 Å². The van der Waals surface area contributed by atoms with Crippen LogP contribution in [-0.2, 0) is 19.2 Å². The molecule has 3 aromatic carbocycles. The number of likely N-dealkylation sites (tertiary alicyclic amines) is 1. The van der Waals surface area contributed by atoms with E-state index >= 15 is 0 Å². The summed E-state index contributed by atoms with van der Waals surface area (Å²) in [5.74, 6) is -5.35. The molecule has 50 heavy (non-hydrogen) atoms. The summed E-state index contributed by atoms with van der Waals surface area (Å²) in [5, 5.41) is 10.7. The minimum Gasteiger partial charge on any atom is -0.503 e. The Hall–Kier alpha value is -3.23. The van der Waals surface area contributed by atoms with Gasteiger partial charge in [-0.3, -0.25) is 29.0 Å². The Bertz CT molecular complexity index is 2180. The van der Waals surface area contributed by atoms with E-state index in [-0.39, 0.29) is 40.2 Å².